The fraction of sp³-hybridized carbons (Fsp3) is 0.788. The molecule has 246 valence electrons. The second-order valence-corrected chi connectivity index (χ2v) is 13.6. The summed E-state index contributed by atoms with van der Waals surface area (Å²) in [6.45, 7) is 4.64. The van der Waals surface area contributed by atoms with E-state index in [0.29, 0.717) is 17.4 Å². The van der Waals surface area contributed by atoms with Gasteiger partial charge in [0, 0.05) is 6.42 Å². The van der Waals surface area contributed by atoms with E-state index in [1.165, 1.54) is 44.9 Å². The second kappa shape index (κ2) is 26.2. The van der Waals surface area contributed by atoms with Gasteiger partial charge in [0.2, 0.25) is 5.91 Å². The Kier molecular flexibility index (Phi) is 25.4. The number of carbonyl (C=O) groups is 1. The summed E-state index contributed by atoms with van der Waals surface area (Å²) in [5.74, 6) is -0.200. The van der Waals surface area contributed by atoms with Crippen LogP contribution in [0.25, 0.3) is 0 Å². The Labute approximate surface area is 257 Å². The number of nitrogens with zero attached hydrogens (tertiary/aromatic N) is 1. The highest BCUT2D eigenvalue weighted by atomic mass is 31.2. The summed E-state index contributed by atoms with van der Waals surface area (Å²) in [4.78, 5) is 22.8. The summed E-state index contributed by atoms with van der Waals surface area (Å²) in [5.41, 5.74) is 0. The number of hydrogen-bond donors (Lipinski definition) is 3. The van der Waals surface area contributed by atoms with Gasteiger partial charge in [0.15, 0.2) is 0 Å². The third-order valence-corrected chi connectivity index (χ3v) is 7.81. The van der Waals surface area contributed by atoms with Gasteiger partial charge in [-0.05, 0) is 38.5 Å². The average molecular weight is 616 g/mol. The Morgan fingerprint density at radius 3 is 1.86 bits per heavy atom. The number of hydrogen-bond acceptors (Lipinski definition) is 5. The number of likely N-dealkylation sites (N-methyl/N-ethyl adjacent to an activating group) is 1. The summed E-state index contributed by atoms with van der Waals surface area (Å²) in [7, 11) is 1.54. The average Bonchev–Trinajstić information content (AvgIpc) is 2.92. The molecule has 0 spiro atoms. The molecule has 3 N–H and O–H groups in total. The fourth-order valence-corrected chi connectivity index (χ4v) is 4.87. The molecule has 0 fully saturated rings. The molecule has 9 heteroatoms. The molecule has 0 saturated carbocycles. The van der Waals surface area contributed by atoms with Crippen molar-refractivity contribution in [3.05, 3.63) is 36.5 Å². The molecule has 0 aromatic heterocycles. The van der Waals surface area contributed by atoms with Crippen molar-refractivity contribution in [1.29, 1.82) is 0 Å². The topological polar surface area (TPSA) is 105 Å². The Balaban J connectivity index is 4.74. The quantitative estimate of drug-likeness (QED) is 0.0362. The van der Waals surface area contributed by atoms with E-state index < -0.39 is 20.0 Å². The number of phosphoric ester groups is 1. The minimum Gasteiger partial charge on any atom is -0.387 e. The number of aliphatic hydroxyl groups is 1. The highest BCUT2D eigenvalue weighted by molar-refractivity contribution is 7.47. The Hall–Kier alpha value is -1.28. The Bertz CT molecular complexity index is 794. The van der Waals surface area contributed by atoms with Crippen LogP contribution in [0.4, 0.5) is 0 Å². The summed E-state index contributed by atoms with van der Waals surface area (Å²) >= 11 is 0. The molecule has 0 radical (unpaired) electrons. The maximum Gasteiger partial charge on any atom is 0.472 e. The lowest BCUT2D eigenvalue weighted by molar-refractivity contribution is -0.870. The zero-order chi connectivity index (χ0) is 31.5. The summed E-state index contributed by atoms with van der Waals surface area (Å²) in [5, 5.41) is 13.6. The number of aliphatic hydroxyl groups excluding tert-OH is 1. The summed E-state index contributed by atoms with van der Waals surface area (Å²) in [6, 6.07) is -0.861. The molecule has 1 amide bonds. The van der Waals surface area contributed by atoms with Crippen molar-refractivity contribution in [2.45, 2.75) is 129 Å². The molecule has 0 saturated heterocycles. The zero-order valence-corrected chi connectivity index (χ0v) is 28.4. The van der Waals surface area contributed by atoms with E-state index in [-0.39, 0.29) is 19.1 Å². The molecule has 3 unspecified atom stereocenters. The lowest BCUT2D eigenvalue weighted by atomic mass is 10.1. The zero-order valence-electron chi connectivity index (χ0n) is 27.5. The lowest BCUT2D eigenvalue weighted by Gasteiger charge is -2.25. The SMILES string of the molecule is CCC/C=C/CC/C=C/CC/C=C/C(O)C(COP(=O)(O)OCC[N+](C)(C)C)NC(=O)CCCCCCCCCCC. The van der Waals surface area contributed by atoms with E-state index in [0.717, 1.165) is 51.4 Å². The summed E-state index contributed by atoms with van der Waals surface area (Å²) < 4.78 is 23.3. The van der Waals surface area contributed by atoms with Gasteiger partial charge in [-0.1, -0.05) is 108 Å². The van der Waals surface area contributed by atoms with Crippen LogP contribution in [0.2, 0.25) is 0 Å². The molecule has 0 aliphatic heterocycles. The normalized spacial score (nSPS) is 15.5. The molecule has 0 aliphatic carbocycles. The first-order valence-electron chi connectivity index (χ1n) is 16.4. The van der Waals surface area contributed by atoms with Crippen molar-refractivity contribution in [2.75, 3.05) is 40.9 Å². The van der Waals surface area contributed by atoms with Gasteiger partial charge < -0.3 is 19.8 Å². The van der Waals surface area contributed by atoms with E-state index in [1.54, 1.807) is 6.08 Å². The van der Waals surface area contributed by atoms with Crippen LogP contribution in [0, 0.1) is 0 Å². The fourth-order valence-electron chi connectivity index (χ4n) is 4.14. The Morgan fingerprint density at radius 1 is 0.786 bits per heavy atom. The minimum atomic E-state index is -4.33. The van der Waals surface area contributed by atoms with Gasteiger partial charge >= 0.3 is 7.82 Å². The largest absolute Gasteiger partial charge is 0.472 e. The number of amides is 1. The molecule has 3 atom stereocenters. The first-order valence-corrected chi connectivity index (χ1v) is 17.9. The maximum absolute atomic E-state index is 12.7. The number of unbranched alkanes of at least 4 members (excludes halogenated alkanes) is 11. The van der Waals surface area contributed by atoms with Crippen molar-refractivity contribution >= 4 is 13.7 Å². The van der Waals surface area contributed by atoms with Crippen molar-refractivity contribution in [1.82, 2.24) is 5.32 Å². The monoisotopic (exact) mass is 615 g/mol. The molecule has 0 bridgehead atoms. The molecular formula is C33H64N2O6P+. The van der Waals surface area contributed by atoms with Crippen molar-refractivity contribution in [2.24, 2.45) is 0 Å². The van der Waals surface area contributed by atoms with Crippen LogP contribution in [0.5, 0.6) is 0 Å². The van der Waals surface area contributed by atoms with E-state index in [4.69, 9.17) is 9.05 Å². The first kappa shape index (κ1) is 40.7. The number of phosphoric acid groups is 1. The molecule has 8 nitrogen and oxygen atoms in total. The van der Waals surface area contributed by atoms with Gasteiger partial charge in [-0.15, -0.1) is 0 Å². The van der Waals surface area contributed by atoms with Gasteiger partial charge in [-0.25, -0.2) is 4.57 Å². The van der Waals surface area contributed by atoms with Gasteiger partial charge in [-0.2, -0.15) is 0 Å². The number of allylic oxidation sites excluding steroid dienone is 5. The molecular weight excluding hydrogens is 551 g/mol. The lowest BCUT2D eigenvalue weighted by Crippen LogP contribution is -2.45. The van der Waals surface area contributed by atoms with Crippen LogP contribution >= 0.6 is 7.82 Å². The minimum absolute atomic E-state index is 0.0535. The van der Waals surface area contributed by atoms with Crippen LogP contribution in [0.15, 0.2) is 36.5 Å². The molecule has 0 aromatic rings. The molecule has 0 heterocycles. The molecule has 0 aromatic carbocycles. The first-order chi connectivity index (χ1) is 20.0. The summed E-state index contributed by atoms with van der Waals surface area (Å²) in [6.07, 6.45) is 27.9. The molecule has 0 aliphatic rings. The molecule has 0 rings (SSSR count). The van der Waals surface area contributed by atoms with Gasteiger partial charge in [0.1, 0.15) is 13.2 Å². The van der Waals surface area contributed by atoms with Crippen molar-refractivity contribution < 1.29 is 32.9 Å². The van der Waals surface area contributed by atoms with Crippen molar-refractivity contribution in [3.63, 3.8) is 0 Å². The maximum atomic E-state index is 12.7. The van der Waals surface area contributed by atoms with E-state index in [2.05, 4.69) is 43.5 Å². The third-order valence-electron chi connectivity index (χ3n) is 6.82. The Morgan fingerprint density at radius 2 is 1.31 bits per heavy atom. The van der Waals surface area contributed by atoms with Crippen LogP contribution in [-0.2, 0) is 18.4 Å². The molecule has 42 heavy (non-hydrogen) atoms. The van der Waals surface area contributed by atoms with E-state index >= 15 is 0 Å². The highest BCUT2D eigenvalue weighted by Crippen LogP contribution is 2.43. The predicted molar refractivity (Wildman–Crippen MR) is 175 cm³/mol. The third kappa shape index (κ3) is 27.5. The van der Waals surface area contributed by atoms with Gasteiger partial charge in [0.25, 0.3) is 0 Å². The number of rotatable bonds is 28. The van der Waals surface area contributed by atoms with Crippen LogP contribution < -0.4 is 5.32 Å². The van der Waals surface area contributed by atoms with Crippen LogP contribution in [-0.4, -0.2) is 73.4 Å². The van der Waals surface area contributed by atoms with Gasteiger partial charge in [-0.3, -0.25) is 13.8 Å². The van der Waals surface area contributed by atoms with Crippen molar-refractivity contribution in [3.8, 4) is 0 Å². The standard InChI is InChI=1S/C33H63N2O6P/c1-6-8-10-12-14-16-17-19-20-22-24-26-32(36)31(30-41-42(38,39)40-29-28-35(3,4)5)34-33(37)27-25-23-21-18-15-13-11-9-7-2/h10,12,17,19,24,26,31-32,36H,6-9,11,13-16,18,20-23,25,27-30H2,1-5H3,(H-,34,37,38,39)/p+1/b12-10+,19-17+,26-24+. The smallest absolute Gasteiger partial charge is 0.387 e. The van der Waals surface area contributed by atoms with Crippen LogP contribution in [0.1, 0.15) is 117 Å². The van der Waals surface area contributed by atoms with E-state index in [9.17, 15) is 19.4 Å². The van der Waals surface area contributed by atoms with E-state index in [1.807, 2.05) is 27.2 Å². The second-order valence-electron chi connectivity index (χ2n) is 12.2. The predicted octanol–water partition coefficient (Wildman–Crippen LogP) is 7.62. The number of carbonyl (C=O) groups excluding carboxylic acids is 1. The van der Waals surface area contributed by atoms with Crippen LogP contribution in [0.3, 0.4) is 0 Å². The van der Waals surface area contributed by atoms with Gasteiger partial charge in [0.05, 0.1) is 39.9 Å². The number of quaternary nitrogens is 1. The number of nitrogens with one attached hydrogen (secondary N) is 1. The highest BCUT2D eigenvalue weighted by Gasteiger charge is 2.27.